The molecule has 0 aliphatic carbocycles. The van der Waals surface area contributed by atoms with Gasteiger partial charge in [-0.3, -0.25) is 0 Å². The van der Waals surface area contributed by atoms with Crippen molar-refractivity contribution < 1.29 is 4.74 Å². The fraction of sp³-hybridized carbons (Fsp3) is 0.647. The van der Waals surface area contributed by atoms with E-state index in [0.29, 0.717) is 12.0 Å². The van der Waals surface area contributed by atoms with E-state index in [1.54, 1.807) is 0 Å². The van der Waals surface area contributed by atoms with Gasteiger partial charge < -0.3 is 10.1 Å². The number of thioether (sulfide) groups is 1. The zero-order valence-corrected chi connectivity index (χ0v) is 15.2. The zero-order chi connectivity index (χ0) is 14.9. The SMILES string of the molecule is CNC(c1ccc(C)c(Br)c1)C1CCOC2(CCSC2)C1. The fourth-order valence-electron chi connectivity index (χ4n) is 3.69. The molecule has 21 heavy (non-hydrogen) atoms. The number of hydrogen-bond acceptors (Lipinski definition) is 3. The summed E-state index contributed by atoms with van der Waals surface area (Å²) in [7, 11) is 2.09. The Bertz CT molecular complexity index is 502. The van der Waals surface area contributed by atoms with Crippen LogP contribution in [-0.2, 0) is 4.74 Å². The highest BCUT2D eigenvalue weighted by Gasteiger charge is 2.42. The molecular weight excluding hydrogens is 346 g/mol. The Hall–Kier alpha value is -0.0300. The van der Waals surface area contributed by atoms with Gasteiger partial charge in [0.1, 0.15) is 0 Å². The number of hydrogen-bond donors (Lipinski definition) is 1. The van der Waals surface area contributed by atoms with Gasteiger partial charge in [-0.15, -0.1) is 0 Å². The van der Waals surface area contributed by atoms with Crippen LogP contribution in [0.1, 0.15) is 36.4 Å². The molecule has 2 aliphatic rings. The van der Waals surface area contributed by atoms with Crippen molar-refractivity contribution in [2.24, 2.45) is 5.92 Å². The summed E-state index contributed by atoms with van der Waals surface area (Å²) in [6, 6.07) is 7.19. The summed E-state index contributed by atoms with van der Waals surface area (Å²) in [5.74, 6) is 3.10. The van der Waals surface area contributed by atoms with Crippen molar-refractivity contribution in [2.75, 3.05) is 25.2 Å². The Morgan fingerprint density at radius 2 is 2.33 bits per heavy atom. The van der Waals surface area contributed by atoms with Gasteiger partial charge in [0.25, 0.3) is 0 Å². The van der Waals surface area contributed by atoms with Crippen molar-refractivity contribution in [3.63, 3.8) is 0 Å². The van der Waals surface area contributed by atoms with Gasteiger partial charge >= 0.3 is 0 Å². The van der Waals surface area contributed by atoms with Gasteiger partial charge in [-0.1, -0.05) is 28.1 Å². The van der Waals surface area contributed by atoms with Crippen LogP contribution < -0.4 is 5.32 Å². The first kappa shape index (κ1) is 15.9. The summed E-state index contributed by atoms with van der Waals surface area (Å²) >= 11 is 5.72. The summed E-state index contributed by atoms with van der Waals surface area (Å²) in [4.78, 5) is 0. The molecule has 0 amide bonds. The van der Waals surface area contributed by atoms with Gasteiger partial charge in [0, 0.05) is 22.9 Å². The van der Waals surface area contributed by atoms with Crippen LogP contribution in [0.25, 0.3) is 0 Å². The zero-order valence-electron chi connectivity index (χ0n) is 12.8. The molecule has 4 heteroatoms. The molecule has 0 radical (unpaired) electrons. The molecule has 1 N–H and O–H groups in total. The van der Waals surface area contributed by atoms with E-state index >= 15 is 0 Å². The summed E-state index contributed by atoms with van der Waals surface area (Å²) in [6.07, 6.45) is 3.57. The summed E-state index contributed by atoms with van der Waals surface area (Å²) in [6.45, 7) is 3.05. The highest BCUT2D eigenvalue weighted by atomic mass is 79.9. The third-order valence-corrected chi connectivity index (χ3v) is 7.01. The fourth-order valence-corrected chi connectivity index (χ4v) is 5.47. The molecule has 2 nitrogen and oxygen atoms in total. The van der Waals surface area contributed by atoms with Crippen LogP contribution in [-0.4, -0.2) is 30.8 Å². The average molecular weight is 370 g/mol. The lowest BCUT2D eigenvalue weighted by Gasteiger charge is -2.41. The topological polar surface area (TPSA) is 21.3 Å². The second-order valence-corrected chi connectivity index (χ2v) is 8.32. The van der Waals surface area contributed by atoms with Gasteiger partial charge in [-0.05, 0) is 62.1 Å². The molecule has 2 saturated heterocycles. The van der Waals surface area contributed by atoms with Gasteiger partial charge in [0.2, 0.25) is 0 Å². The van der Waals surface area contributed by atoms with Crippen LogP contribution >= 0.6 is 27.7 Å². The predicted octanol–water partition coefficient (Wildman–Crippen LogP) is 4.32. The van der Waals surface area contributed by atoms with Crippen LogP contribution in [0.4, 0.5) is 0 Å². The smallest absolute Gasteiger partial charge is 0.0783 e. The second-order valence-electron chi connectivity index (χ2n) is 6.36. The molecule has 1 aromatic carbocycles. The molecule has 0 saturated carbocycles. The van der Waals surface area contributed by atoms with Gasteiger partial charge in [-0.25, -0.2) is 0 Å². The molecule has 3 rings (SSSR count). The van der Waals surface area contributed by atoms with E-state index in [-0.39, 0.29) is 5.60 Å². The van der Waals surface area contributed by atoms with Gasteiger partial charge in [0.15, 0.2) is 0 Å². The number of nitrogens with one attached hydrogen (secondary N) is 1. The number of ether oxygens (including phenoxy) is 1. The minimum absolute atomic E-state index is 0.157. The van der Waals surface area contributed by atoms with Gasteiger partial charge in [0.05, 0.1) is 5.60 Å². The normalized spacial score (nSPS) is 30.7. The third kappa shape index (κ3) is 3.34. The molecule has 3 unspecified atom stereocenters. The van der Waals surface area contributed by atoms with Crippen LogP contribution in [0.5, 0.6) is 0 Å². The summed E-state index contributed by atoms with van der Waals surface area (Å²) < 4.78 is 7.38. The van der Waals surface area contributed by atoms with Crippen LogP contribution in [0.2, 0.25) is 0 Å². The van der Waals surface area contributed by atoms with Crippen LogP contribution in [0.15, 0.2) is 22.7 Å². The average Bonchev–Trinajstić information content (AvgIpc) is 2.91. The van der Waals surface area contributed by atoms with E-state index in [9.17, 15) is 0 Å². The van der Waals surface area contributed by atoms with Crippen molar-refractivity contribution in [3.8, 4) is 0 Å². The highest BCUT2D eigenvalue weighted by molar-refractivity contribution is 9.10. The Morgan fingerprint density at radius 1 is 1.48 bits per heavy atom. The molecule has 3 atom stereocenters. The Labute approximate surface area is 140 Å². The number of rotatable bonds is 3. The van der Waals surface area contributed by atoms with Crippen molar-refractivity contribution in [1.82, 2.24) is 5.32 Å². The summed E-state index contributed by atoms with van der Waals surface area (Å²) in [5, 5.41) is 3.56. The summed E-state index contributed by atoms with van der Waals surface area (Å²) in [5.41, 5.74) is 2.84. The maximum absolute atomic E-state index is 6.17. The van der Waals surface area contributed by atoms with Crippen LogP contribution in [0.3, 0.4) is 0 Å². The van der Waals surface area contributed by atoms with Crippen LogP contribution in [0, 0.1) is 12.8 Å². The molecule has 1 spiro atoms. The Morgan fingerprint density at radius 3 is 3.00 bits per heavy atom. The van der Waals surface area contributed by atoms with E-state index in [2.05, 4.69) is 53.4 Å². The third-order valence-electron chi connectivity index (χ3n) is 4.94. The number of aryl methyl sites for hydroxylation is 1. The van der Waals surface area contributed by atoms with Crippen molar-refractivity contribution in [3.05, 3.63) is 33.8 Å². The van der Waals surface area contributed by atoms with E-state index in [4.69, 9.17) is 4.74 Å². The number of benzene rings is 1. The van der Waals surface area contributed by atoms with Gasteiger partial charge in [-0.2, -0.15) is 11.8 Å². The Kier molecular flexibility index (Phi) is 4.99. The standard InChI is InChI=1S/C17H24BrNOS/c1-12-3-4-13(9-15(12)18)16(19-2)14-5-7-20-17(10-14)6-8-21-11-17/h3-4,9,14,16,19H,5-8,10-11H2,1-2H3. The van der Waals surface area contributed by atoms with E-state index in [1.165, 1.54) is 39.9 Å². The number of halogens is 1. The lowest BCUT2D eigenvalue weighted by atomic mass is 9.79. The Balaban J connectivity index is 1.80. The highest BCUT2D eigenvalue weighted by Crippen LogP contribution is 2.44. The molecule has 116 valence electrons. The first-order chi connectivity index (χ1) is 10.1. The second kappa shape index (κ2) is 6.61. The first-order valence-electron chi connectivity index (χ1n) is 7.79. The largest absolute Gasteiger partial charge is 0.374 e. The molecule has 0 aromatic heterocycles. The van der Waals surface area contributed by atoms with E-state index < -0.39 is 0 Å². The molecular formula is C17H24BrNOS. The molecule has 2 heterocycles. The lowest BCUT2D eigenvalue weighted by molar-refractivity contribution is -0.0850. The van der Waals surface area contributed by atoms with Crippen molar-refractivity contribution in [1.29, 1.82) is 0 Å². The maximum Gasteiger partial charge on any atom is 0.0783 e. The molecule has 1 aromatic rings. The molecule has 2 fully saturated rings. The minimum Gasteiger partial charge on any atom is -0.374 e. The van der Waals surface area contributed by atoms with E-state index in [0.717, 1.165) is 13.0 Å². The monoisotopic (exact) mass is 369 g/mol. The van der Waals surface area contributed by atoms with Crippen molar-refractivity contribution >= 4 is 27.7 Å². The maximum atomic E-state index is 6.17. The first-order valence-corrected chi connectivity index (χ1v) is 9.73. The molecule has 0 bridgehead atoms. The lowest BCUT2D eigenvalue weighted by Crippen LogP contribution is -2.43. The van der Waals surface area contributed by atoms with E-state index in [1.807, 2.05) is 11.8 Å². The quantitative estimate of drug-likeness (QED) is 0.856. The minimum atomic E-state index is 0.157. The predicted molar refractivity (Wildman–Crippen MR) is 94.0 cm³/mol. The van der Waals surface area contributed by atoms with Crippen molar-refractivity contribution in [2.45, 2.75) is 37.8 Å². The molecule has 2 aliphatic heterocycles.